The summed E-state index contributed by atoms with van der Waals surface area (Å²) in [7, 11) is 0. The van der Waals surface area contributed by atoms with Crippen LogP contribution in [-0.2, 0) is 0 Å². The van der Waals surface area contributed by atoms with E-state index in [1.54, 1.807) is 6.20 Å². The van der Waals surface area contributed by atoms with Gasteiger partial charge in [0.1, 0.15) is 12.1 Å². The maximum Gasteiger partial charge on any atom is 0.129 e. The number of hydrogen-bond donors (Lipinski definition) is 2. The number of nitrogens with zero attached hydrogens (tertiary/aromatic N) is 2. The second-order valence-corrected chi connectivity index (χ2v) is 3.63. The third-order valence-electron chi connectivity index (χ3n) is 2.36. The lowest BCUT2D eigenvalue weighted by atomic mass is 10.1. The van der Waals surface area contributed by atoms with Crippen LogP contribution in [0, 0.1) is 0 Å². The molecule has 0 radical (unpaired) electrons. The second kappa shape index (κ2) is 4.61. The van der Waals surface area contributed by atoms with E-state index >= 15 is 0 Å². The minimum absolute atomic E-state index is 0.165. The van der Waals surface area contributed by atoms with Crippen molar-refractivity contribution in [2.75, 3.05) is 11.1 Å². The Bertz CT molecular complexity index is 456. The lowest BCUT2D eigenvalue weighted by Crippen LogP contribution is -2.08. The Morgan fingerprint density at radius 2 is 2.19 bits per heavy atom. The van der Waals surface area contributed by atoms with Crippen LogP contribution in [0.2, 0.25) is 0 Å². The standard InChI is InChI=1S/C12H14N4/c1-9(10-3-2-4-11(13)7-10)16-12-5-6-14-8-15-12/h2-9H,13H2,1H3,(H,14,15,16). The SMILES string of the molecule is CC(Nc1ccncn1)c1cccc(N)c1. The van der Waals surface area contributed by atoms with Gasteiger partial charge in [0.25, 0.3) is 0 Å². The van der Waals surface area contributed by atoms with Crippen LogP contribution in [-0.4, -0.2) is 9.97 Å². The molecule has 1 unspecified atom stereocenters. The van der Waals surface area contributed by atoms with Gasteiger partial charge in [-0.15, -0.1) is 0 Å². The summed E-state index contributed by atoms with van der Waals surface area (Å²) >= 11 is 0. The molecule has 4 heteroatoms. The Labute approximate surface area is 94.5 Å². The van der Waals surface area contributed by atoms with Gasteiger partial charge in [0.15, 0.2) is 0 Å². The molecule has 0 spiro atoms. The van der Waals surface area contributed by atoms with Crippen molar-refractivity contribution in [2.24, 2.45) is 0 Å². The van der Waals surface area contributed by atoms with Crippen molar-refractivity contribution in [3.63, 3.8) is 0 Å². The average Bonchev–Trinajstić information content (AvgIpc) is 2.30. The van der Waals surface area contributed by atoms with Crippen LogP contribution >= 0.6 is 0 Å². The van der Waals surface area contributed by atoms with E-state index in [2.05, 4.69) is 22.2 Å². The van der Waals surface area contributed by atoms with Crippen molar-refractivity contribution in [1.82, 2.24) is 9.97 Å². The van der Waals surface area contributed by atoms with Crippen LogP contribution < -0.4 is 11.1 Å². The highest BCUT2D eigenvalue weighted by molar-refractivity contribution is 5.44. The molecule has 0 aliphatic heterocycles. The average molecular weight is 214 g/mol. The van der Waals surface area contributed by atoms with Gasteiger partial charge in [0.2, 0.25) is 0 Å². The molecule has 1 aromatic carbocycles. The third-order valence-corrected chi connectivity index (χ3v) is 2.36. The summed E-state index contributed by atoms with van der Waals surface area (Å²) in [6.45, 7) is 2.07. The van der Waals surface area contributed by atoms with E-state index in [1.165, 1.54) is 6.33 Å². The number of nitrogens with two attached hydrogens (primary N) is 1. The van der Waals surface area contributed by atoms with E-state index in [1.807, 2.05) is 30.3 Å². The van der Waals surface area contributed by atoms with Crippen molar-refractivity contribution >= 4 is 11.5 Å². The molecule has 2 aromatic rings. The van der Waals surface area contributed by atoms with Crippen LogP contribution in [0.3, 0.4) is 0 Å². The predicted molar refractivity (Wildman–Crippen MR) is 64.9 cm³/mol. The van der Waals surface area contributed by atoms with Gasteiger partial charge in [-0.05, 0) is 30.7 Å². The molecule has 1 aromatic heterocycles. The molecule has 0 saturated heterocycles. The fourth-order valence-corrected chi connectivity index (χ4v) is 1.51. The first-order valence-electron chi connectivity index (χ1n) is 5.13. The highest BCUT2D eigenvalue weighted by Gasteiger charge is 2.05. The van der Waals surface area contributed by atoms with Crippen LogP contribution in [0.1, 0.15) is 18.5 Å². The van der Waals surface area contributed by atoms with Gasteiger partial charge in [-0.2, -0.15) is 0 Å². The minimum atomic E-state index is 0.165. The van der Waals surface area contributed by atoms with Gasteiger partial charge in [0, 0.05) is 11.9 Å². The summed E-state index contributed by atoms with van der Waals surface area (Å²) in [4.78, 5) is 7.98. The molecule has 2 rings (SSSR count). The number of benzene rings is 1. The van der Waals surface area contributed by atoms with Crippen LogP contribution in [0.5, 0.6) is 0 Å². The van der Waals surface area contributed by atoms with Gasteiger partial charge < -0.3 is 11.1 Å². The molecule has 1 atom stereocenters. The third kappa shape index (κ3) is 2.48. The molecule has 82 valence electrons. The normalized spacial score (nSPS) is 12.1. The van der Waals surface area contributed by atoms with Crippen molar-refractivity contribution in [2.45, 2.75) is 13.0 Å². The molecule has 0 amide bonds. The smallest absolute Gasteiger partial charge is 0.129 e. The zero-order chi connectivity index (χ0) is 11.4. The van der Waals surface area contributed by atoms with Gasteiger partial charge in [-0.25, -0.2) is 9.97 Å². The first-order chi connectivity index (χ1) is 7.75. The minimum Gasteiger partial charge on any atom is -0.399 e. The lowest BCUT2D eigenvalue weighted by Gasteiger charge is -2.14. The summed E-state index contributed by atoms with van der Waals surface area (Å²) in [5, 5.41) is 3.28. The predicted octanol–water partition coefficient (Wildman–Crippen LogP) is 2.23. The van der Waals surface area contributed by atoms with Gasteiger partial charge in [0.05, 0.1) is 6.04 Å². The maximum atomic E-state index is 5.74. The molecule has 0 bridgehead atoms. The quantitative estimate of drug-likeness (QED) is 0.769. The van der Waals surface area contributed by atoms with Gasteiger partial charge >= 0.3 is 0 Å². The molecular formula is C12H14N4. The summed E-state index contributed by atoms with van der Waals surface area (Å²) in [5.41, 5.74) is 7.65. The van der Waals surface area contributed by atoms with Crippen molar-refractivity contribution in [3.8, 4) is 0 Å². The molecule has 3 N–H and O–H groups in total. The van der Waals surface area contributed by atoms with Crippen LogP contribution in [0.15, 0.2) is 42.9 Å². The number of hydrogen-bond acceptors (Lipinski definition) is 4. The highest BCUT2D eigenvalue weighted by atomic mass is 15.0. The van der Waals surface area contributed by atoms with Gasteiger partial charge in [-0.3, -0.25) is 0 Å². The monoisotopic (exact) mass is 214 g/mol. The topological polar surface area (TPSA) is 63.8 Å². The number of nitrogen functional groups attached to an aromatic ring is 1. The molecule has 1 heterocycles. The van der Waals surface area contributed by atoms with Crippen molar-refractivity contribution in [1.29, 1.82) is 0 Å². The highest BCUT2D eigenvalue weighted by Crippen LogP contribution is 2.18. The summed E-state index contributed by atoms with van der Waals surface area (Å²) < 4.78 is 0. The zero-order valence-corrected chi connectivity index (χ0v) is 9.09. The number of anilines is 2. The molecule has 16 heavy (non-hydrogen) atoms. The van der Waals surface area contributed by atoms with E-state index < -0.39 is 0 Å². The van der Waals surface area contributed by atoms with E-state index in [0.29, 0.717) is 0 Å². The largest absolute Gasteiger partial charge is 0.399 e. The molecule has 4 nitrogen and oxygen atoms in total. The second-order valence-electron chi connectivity index (χ2n) is 3.63. The van der Waals surface area contributed by atoms with E-state index in [-0.39, 0.29) is 6.04 Å². The fourth-order valence-electron chi connectivity index (χ4n) is 1.51. The van der Waals surface area contributed by atoms with Gasteiger partial charge in [-0.1, -0.05) is 12.1 Å². The summed E-state index contributed by atoms with van der Waals surface area (Å²) in [6.07, 6.45) is 3.23. The Hall–Kier alpha value is -2.10. The van der Waals surface area contributed by atoms with E-state index in [4.69, 9.17) is 5.73 Å². The maximum absolute atomic E-state index is 5.74. The Balaban J connectivity index is 2.12. The molecule has 0 saturated carbocycles. The van der Waals surface area contributed by atoms with E-state index in [9.17, 15) is 0 Å². The Morgan fingerprint density at radius 3 is 2.88 bits per heavy atom. The Kier molecular flexibility index (Phi) is 3.00. The first kappa shape index (κ1) is 10.4. The molecule has 0 fully saturated rings. The van der Waals surface area contributed by atoms with Crippen LogP contribution in [0.4, 0.5) is 11.5 Å². The molecule has 0 aliphatic rings. The zero-order valence-electron chi connectivity index (χ0n) is 9.09. The fraction of sp³-hybridized carbons (Fsp3) is 0.167. The molecule has 0 aliphatic carbocycles. The van der Waals surface area contributed by atoms with Crippen molar-refractivity contribution < 1.29 is 0 Å². The lowest BCUT2D eigenvalue weighted by molar-refractivity contribution is 0.872. The first-order valence-corrected chi connectivity index (χ1v) is 5.13. The van der Waals surface area contributed by atoms with E-state index in [0.717, 1.165) is 17.1 Å². The number of nitrogens with one attached hydrogen (secondary N) is 1. The van der Waals surface area contributed by atoms with Crippen molar-refractivity contribution in [3.05, 3.63) is 48.4 Å². The summed E-state index contributed by atoms with van der Waals surface area (Å²) in [5.74, 6) is 0.810. The molecular weight excluding hydrogens is 200 g/mol. The van der Waals surface area contributed by atoms with Crippen LogP contribution in [0.25, 0.3) is 0 Å². The Morgan fingerprint density at radius 1 is 1.31 bits per heavy atom. The number of aromatic nitrogens is 2. The summed E-state index contributed by atoms with van der Waals surface area (Å²) in [6, 6.07) is 9.82. The number of rotatable bonds is 3.